The van der Waals surface area contributed by atoms with E-state index in [1.807, 2.05) is 27.0 Å². The van der Waals surface area contributed by atoms with Crippen LogP contribution in [0.4, 0.5) is 0 Å². The normalized spacial score (nSPS) is 51.2. The molecular weight excluding hydrogens is 716 g/mol. The first-order valence-electron chi connectivity index (χ1n) is 20.5. The van der Waals surface area contributed by atoms with Crippen LogP contribution in [0.2, 0.25) is 0 Å². The zero-order chi connectivity index (χ0) is 38.8. The summed E-state index contributed by atoms with van der Waals surface area (Å²) in [5, 5.41) is 21.5. The maximum atomic E-state index is 13.7. The molecule has 0 radical (unpaired) electrons. The van der Waals surface area contributed by atoms with Gasteiger partial charge in [0, 0.05) is 40.4 Å². The highest BCUT2D eigenvalue weighted by atomic mass is 16.7. The summed E-state index contributed by atoms with van der Waals surface area (Å²) in [5.41, 5.74) is 2.42. The van der Waals surface area contributed by atoms with E-state index in [1.165, 1.54) is 11.1 Å². The molecule has 0 aromatic rings. The lowest BCUT2D eigenvalue weighted by atomic mass is 9.55. The molecule has 0 bridgehead atoms. The molecule has 5 saturated heterocycles. The summed E-state index contributed by atoms with van der Waals surface area (Å²) in [5.74, 6) is -0.920. The highest BCUT2D eigenvalue weighted by Crippen LogP contribution is 2.57. The van der Waals surface area contributed by atoms with Gasteiger partial charge in [0.25, 0.3) is 0 Å². The van der Waals surface area contributed by atoms with Crippen LogP contribution in [0.3, 0.4) is 0 Å². The molecule has 55 heavy (non-hydrogen) atoms. The average molecular weight is 779 g/mol. The molecule has 6 aliphatic heterocycles. The Morgan fingerprint density at radius 3 is 2.25 bits per heavy atom. The molecule has 0 spiro atoms. The SMILES string of the molecule is CO[C@@H]1C[C@H](O[C@H]2[C@H](O)C[C@H](O[C@@H]3[C@@H](C)O[C@@H](O[C@H]4CC[C@@]5(C)C(=CC[C@H]6C(=O)O[C@@H]7CO[C@]8(C)OC=C(CC[C@@H]65)[C@H]78)C4)C[C@H]3OC)O[C@@H]2C)O[C@H](C)[C@H]1O. The van der Waals surface area contributed by atoms with Crippen LogP contribution in [0.25, 0.3) is 0 Å². The number of methoxy groups -OCH3 is 2. The second kappa shape index (κ2) is 15.8. The van der Waals surface area contributed by atoms with E-state index >= 15 is 0 Å². The fourth-order valence-electron chi connectivity index (χ4n) is 11.0. The molecule has 8 aliphatic rings. The van der Waals surface area contributed by atoms with E-state index < -0.39 is 67.4 Å². The predicted molar refractivity (Wildman–Crippen MR) is 193 cm³/mol. The molecular formula is C41H62O14. The Labute approximate surface area is 324 Å². The van der Waals surface area contributed by atoms with Crippen LogP contribution in [0.1, 0.15) is 92.4 Å². The van der Waals surface area contributed by atoms with Gasteiger partial charge in [0.1, 0.15) is 24.4 Å². The van der Waals surface area contributed by atoms with Crippen molar-refractivity contribution in [3.8, 4) is 0 Å². The molecule has 1 saturated carbocycles. The number of allylic oxidation sites excluding steroid dienone is 1. The van der Waals surface area contributed by atoms with Crippen molar-refractivity contribution in [1.29, 1.82) is 0 Å². The number of carbonyl (C=O) groups excluding carboxylic acids is 1. The summed E-state index contributed by atoms with van der Waals surface area (Å²) in [6.45, 7) is 10.2. The molecule has 8 rings (SSSR count). The maximum absolute atomic E-state index is 13.7. The molecule has 0 amide bonds. The number of rotatable bonds is 8. The number of carbonyl (C=O) groups is 1. The lowest BCUT2D eigenvalue weighted by molar-refractivity contribution is -0.337. The van der Waals surface area contributed by atoms with Crippen molar-refractivity contribution in [3.05, 3.63) is 23.5 Å². The fraction of sp³-hybridized carbons (Fsp3) is 0.878. The van der Waals surface area contributed by atoms with Crippen molar-refractivity contribution in [2.75, 3.05) is 20.8 Å². The molecule has 6 heterocycles. The summed E-state index contributed by atoms with van der Waals surface area (Å²) in [7, 11) is 3.22. The minimum atomic E-state index is -0.866. The van der Waals surface area contributed by atoms with E-state index in [4.69, 9.17) is 52.1 Å². The van der Waals surface area contributed by atoms with Crippen molar-refractivity contribution in [1.82, 2.24) is 0 Å². The van der Waals surface area contributed by atoms with Gasteiger partial charge in [0.2, 0.25) is 5.79 Å². The number of fused-ring (bicyclic) bond motifs is 3. The Kier molecular flexibility index (Phi) is 11.5. The largest absolute Gasteiger partial charge is 0.469 e. The topological polar surface area (TPSA) is 159 Å². The highest BCUT2D eigenvalue weighted by Gasteiger charge is 2.58. The fourth-order valence-corrected chi connectivity index (χ4v) is 11.0. The van der Waals surface area contributed by atoms with E-state index in [-0.39, 0.29) is 60.0 Å². The minimum Gasteiger partial charge on any atom is -0.469 e. The van der Waals surface area contributed by atoms with Gasteiger partial charge in [-0.3, -0.25) is 4.79 Å². The van der Waals surface area contributed by atoms with Gasteiger partial charge in [-0.2, -0.15) is 0 Å². The first-order chi connectivity index (χ1) is 26.3. The smallest absolute Gasteiger partial charge is 0.309 e. The second-order valence-electron chi connectivity index (χ2n) is 17.6. The van der Waals surface area contributed by atoms with Crippen LogP contribution < -0.4 is 0 Å². The number of ether oxygens (including phenoxy) is 11. The minimum absolute atomic E-state index is 0.0253. The lowest BCUT2D eigenvalue weighted by Gasteiger charge is -2.50. The number of aliphatic hydroxyl groups is 2. The molecule has 0 aromatic carbocycles. The Balaban J connectivity index is 0.851. The Morgan fingerprint density at radius 2 is 1.51 bits per heavy atom. The average Bonchev–Trinajstić information content (AvgIpc) is 3.66. The van der Waals surface area contributed by atoms with Crippen LogP contribution >= 0.6 is 0 Å². The molecule has 2 aliphatic carbocycles. The quantitative estimate of drug-likeness (QED) is 0.269. The third-order valence-corrected chi connectivity index (χ3v) is 14.2. The predicted octanol–water partition coefficient (Wildman–Crippen LogP) is 4.03. The van der Waals surface area contributed by atoms with E-state index in [9.17, 15) is 15.0 Å². The van der Waals surface area contributed by atoms with Gasteiger partial charge in [-0.15, -0.1) is 0 Å². The van der Waals surface area contributed by atoms with Gasteiger partial charge in [0.05, 0.1) is 67.4 Å². The van der Waals surface area contributed by atoms with Crippen molar-refractivity contribution >= 4 is 5.97 Å². The van der Waals surface area contributed by atoms with Gasteiger partial charge in [-0.1, -0.05) is 18.6 Å². The van der Waals surface area contributed by atoms with E-state index in [0.717, 1.165) is 32.1 Å². The van der Waals surface area contributed by atoms with Gasteiger partial charge in [0.15, 0.2) is 18.9 Å². The van der Waals surface area contributed by atoms with Crippen molar-refractivity contribution in [2.45, 2.75) is 184 Å². The van der Waals surface area contributed by atoms with Crippen LogP contribution in [-0.2, 0) is 56.9 Å². The standard InChI is InChI=1S/C41H62O14/c1-20-36(43)29(45-6)16-34(49-20)54-37-21(2)50-32(15-28(37)42)55-38-22(3)51-33(17-30(38)46-7)52-25-12-13-40(4)24(14-25)9-10-26-27(40)11-8-23-18-47-41(5)35(23)31(19-48-41)53-39(26)44/h9,18,20-22,25-38,42-43H,8,10-17,19H2,1-7H3/t20-,21-,22-,25+,26-,27+,28-,29-,30-,31-,32+,33+,34+,35-,36-,37-,38-,40+,41+/m1/s1. The number of aliphatic hydroxyl groups excluding tert-OH is 2. The molecule has 2 N–H and O–H groups in total. The zero-order valence-electron chi connectivity index (χ0n) is 33.3. The molecule has 310 valence electrons. The molecule has 0 aromatic heterocycles. The van der Waals surface area contributed by atoms with Crippen molar-refractivity contribution in [3.63, 3.8) is 0 Å². The molecule has 6 fully saturated rings. The summed E-state index contributed by atoms with van der Waals surface area (Å²) < 4.78 is 67.3. The van der Waals surface area contributed by atoms with Crippen LogP contribution in [0.15, 0.2) is 23.5 Å². The molecule has 14 nitrogen and oxygen atoms in total. The van der Waals surface area contributed by atoms with Gasteiger partial charge >= 0.3 is 5.97 Å². The number of esters is 1. The van der Waals surface area contributed by atoms with Gasteiger partial charge in [-0.25, -0.2) is 0 Å². The summed E-state index contributed by atoms with van der Waals surface area (Å²) in [6.07, 6.45) is 3.21. The van der Waals surface area contributed by atoms with Gasteiger partial charge in [-0.05, 0) is 76.2 Å². The molecule has 19 atom stereocenters. The lowest BCUT2D eigenvalue weighted by Crippen LogP contribution is -2.56. The highest BCUT2D eigenvalue weighted by molar-refractivity contribution is 5.74. The number of hydrogen-bond acceptors (Lipinski definition) is 14. The Bertz CT molecular complexity index is 1440. The third kappa shape index (κ3) is 7.56. The number of hydrogen-bond donors (Lipinski definition) is 2. The van der Waals surface area contributed by atoms with Crippen molar-refractivity contribution in [2.24, 2.45) is 23.2 Å². The van der Waals surface area contributed by atoms with E-state index in [1.54, 1.807) is 21.1 Å². The maximum Gasteiger partial charge on any atom is 0.309 e. The van der Waals surface area contributed by atoms with Crippen LogP contribution in [-0.4, -0.2) is 129 Å². The van der Waals surface area contributed by atoms with Gasteiger partial charge < -0.3 is 62.3 Å². The second-order valence-corrected chi connectivity index (χ2v) is 17.6. The molecule has 0 unspecified atom stereocenters. The summed E-state index contributed by atoms with van der Waals surface area (Å²) >= 11 is 0. The summed E-state index contributed by atoms with van der Waals surface area (Å²) in [4.78, 5) is 13.7. The summed E-state index contributed by atoms with van der Waals surface area (Å²) in [6, 6.07) is 0. The van der Waals surface area contributed by atoms with Crippen LogP contribution in [0.5, 0.6) is 0 Å². The Hall–Kier alpha value is -1.69. The third-order valence-electron chi connectivity index (χ3n) is 14.2. The zero-order valence-corrected chi connectivity index (χ0v) is 33.3. The first kappa shape index (κ1) is 40.1. The van der Waals surface area contributed by atoms with E-state index in [2.05, 4.69) is 13.0 Å². The van der Waals surface area contributed by atoms with Crippen molar-refractivity contribution < 1.29 is 67.1 Å². The monoisotopic (exact) mass is 778 g/mol. The van der Waals surface area contributed by atoms with E-state index in [0.29, 0.717) is 25.9 Å². The first-order valence-corrected chi connectivity index (χ1v) is 20.5. The van der Waals surface area contributed by atoms with Crippen LogP contribution in [0, 0.1) is 23.2 Å². The Morgan fingerprint density at radius 1 is 0.836 bits per heavy atom. The molecule has 14 heteroatoms.